The third-order valence-electron chi connectivity index (χ3n) is 4.20. The number of alkyl carbamates (subject to hydrolysis) is 1. The number of alkyl halides is 1. The van der Waals surface area contributed by atoms with Gasteiger partial charge in [-0.1, -0.05) is 54.1 Å². The second-order valence-electron chi connectivity index (χ2n) is 7.76. The lowest BCUT2D eigenvalue weighted by Crippen LogP contribution is -2.55. The molecule has 1 amide bonds. The van der Waals surface area contributed by atoms with Gasteiger partial charge in [0.15, 0.2) is 0 Å². The molecular weight excluding hydrogens is 425 g/mol. The van der Waals surface area contributed by atoms with Crippen LogP contribution in [0, 0.1) is 0 Å². The van der Waals surface area contributed by atoms with Crippen LogP contribution in [-0.2, 0) is 14.3 Å². The van der Waals surface area contributed by atoms with Crippen LogP contribution in [0.25, 0.3) is 0 Å². The molecule has 2 rings (SSSR count). The molecule has 2 aromatic rings. The van der Waals surface area contributed by atoms with Gasteiger partial charge in [-0.25, -0.2) is 14.0 Å². The summed E-state index contributed by atoms with van der Waals surface area (Å²) >= 11 is 5.93. The maximum atomic E-state index is 16.6. The summed E-state index contributed by atoms with van der Waals surface area (Å²) in [5.41, 5.74) is -4.07. The van der Waals surface area contributed by atoms with Crippen LogP contribution in [0.4, 0.5) is 9.18 Å². The average molecular weight is 450 g/mol. The van der Waals surface area contributed by atoms with Crippen LogP contribution < -0.4 is 5.32 Å². The lowest BCUT2D eigenvalue weighted by molar-refractivity contribution is -0.155. The number of ketones is 1. The third-order valence-corrected chi connectivity index (χ3v) is 4.45. The van der Waals surface area contributed by atoms with E-state index in [1.807, 2.05) is 0 Å². The van der Waals surface area contributed by atoms with Crippen LogP contribution in [0.2, 0.25) is 5.02 Å². The van der Waals surface area contributed by atoms with Crippen molar-refractivity contribution >= 4 is 29.4 Å². The maximum absolute atomic E-state index is 16.6. The van der Waals surface area contributed by atoms with E-state index in [9.17, 15) is 14.4 Å². The number of esters is 1. The van der Waals surface area contributed by atoms with Gasteiger partial charge in [0.2, 0.25) is 5.78 Å². The van der Waals surface area contributed by atoms with Crippen LogP contribution in [-0.4, -0.2) is 35.7 Å². The van der Waals surface area contributed by atoms with Gasteiger partial charge in [0, 0.05) is 10.6 Å². The van der Waals surface area contributed by atoms with Crippen LogP contribution in [0.15, 0.2) is 54.6 Å². The number of nitrogens with one attached hydrogen (secondary N) is 1. The Labute approximate surface area is 185 Å². The van der Waals surface area contributed by atoms with E-state index in [4.69, 9.17) is 21.1 Å². The first-order valence-corrected chi connectivity index (χ1v) is 10.1. The molecule has 0 fully saturated rings. The Balaban J connectivity index is 2.61. The van der Waals surface area contributed by atoms with Gasteiger partial charge in [0.1, 0.15) is 11.6 Å². The van der Waals surface area contributed by atoms with E-state index in [-0.39, 0.29) is 17.7 Å². The summed E-state index contributed by atoms with van der Waals surface area (Å²) in [4.78, 5) is 38.5. The number of amides is 1. The quantitative estimate of drug-likeness (QED) is 0.363. The summed E-state index contributed by atoms with van der Waals surface area (Å²) in [6.07, 6.45) is -1.00. The van der Waals surface area contributed by atoms with Crippen molar-refractivity contribution in [3.8, 4) is 0 Å². The summed E-state index contributed by atoms with van der Waals surface area (Å²) in [5.74, 6) is -2.57. The second kappa shape index (κ2) is 9.92. The molecule has 0 saturated heterocycles. The molecule has 0 bridgehead atoms. The van der Waals surface area contributed by atoms with Crippen molar-refractivity contribution in [1.82, 2.24) is 5.32 Å². The number of carbonyl (C=O) groups excluding carboxylic acids is 3. The maximum Gasteiger partial charge on any atom is 0.408 e. The highest BCUT2D eigenvalue weighted by Gasteiger charge is 2.56. The molecule has 0 aliphatic rings. The lowest BCUT2D eigenvalue weighted by atomic mass is 9.83. The molecule has 2 aromatic carbocycles. The van der Waals surface area contributed by atoms with Gasteiger partial charge in [-0.3, -0.25) is 4.79 Å². The molecule has 0 radical (unpaired) electrons. The van der Waals surface area contributed by atoms with E-state index in [0.29, 0.717) is 5.02 Å². The molecule has 31 heavy (non-hydrogen) atoms. The number of rotatable bonds is 7. The third kappa shape index (κ3) is 6.04. The summed E-state index contributed by atoms with van der Waals surface area (Å²) in [7, 11) is 0. The predicted octanol–water partition coefficient (Wildman–Crippen LogP) is 5.06. The van der Waals surface area contributed by atoms with Crippen LogP contribution in [0.1, 0.15) is 49.7 Å². The molecule has 8 heteroatoms. The fraction of sp³-hybridized carbons (Fsp3) is 0.348. The van der Waals surface area contributed by atoms with E-state index in [1.54, 1.807) is 26.8 Å². The topological polar surface area (TPSA) is 81.7 Å². The van der Waals surface area contributed by atoms with Gasteiger partial charge < -0.3 is 14.8 Å². The predicted molar refractivity (Wildman–Crippen MR) is 115 cm³/mol. The standard InChI is InChI=1S/C23H25ClFNO5/c1-5-30-20(28)23(25,19(27)16-9-7-6-8-10-16)18(15-11-13-17(24)14-12-15)26-21(29)31-22(2,3)4/h6-14,18H,5H2,1-4H3,(H,26,29)/t18-,23-/m0/s1. The van der Waals surface area contributed by atoms with Crippen molar-refractivity contribution in [3.63, 3.8) is 0 Å². The number of hydrogen-bond donors (Lipinski definition) is 1. The van der Waals surface area contributed by atoms with E-state index in [2.05, 4.69) is 5.32 Å². The Morgan fingerprint density at radius 2 is 1.61 bits per heavy atom. The van der Waals surface area contributed by atoms with Crippen molar-refractivity contribution in [1.29, 1.82) is 0 Å². The zero-order valence-electron chi connectivity index (χ0n) is 17.8. The van der Waals surface area contributed by atoms with Crippen LogP contribution in [0.3, 0.4) is 0 Å². The lowest BCUT2D eigenvalue weighted by Gasteiger charge is -2.32. The smallest absolute Gasteiger partial charge is 0.408 e. The van der Waals surface area contributed by atoms with Gasteiger partial charge >= 0.3 is 12.1 Å². The van der Waals surface area contributed by atoms with Gasteiger partial charge in [-0.05, 0) is 45.4 Å². The summed E-state index contributed by atoms with van der Waals surface area (Å²) in [6, 6.07) is 11.5. The summed E-state index contributed by atoms with van der Waals surface area (Å²) in [5, 5.41) is 2.70. The van der Waals surface area contributed by atoms with E-state index in [0.717, 1.165) is 0 Å². The molecule has 0 heterocycles. The monoisotopic (exact) mass is 449 g/mol. The Hall–Kier alpha value is -2.93. The summed E-state index contributed by atoms with van der Waals surface area (Å²) < 4.78 is 26.7. The first kappa shape index (κ1) is 24.3. The SMILES string of the molecule is CCOC(=O)[C@@](F)(C(=O)c1ccccc1)[C@@H](NC(=O)OC(C)(C)C)c1ccc(Cl)cc1. The first-order valence-electron chi connectivity index (χ1n) is 9.70. The Kier molecular flexibility index (Phi) is 7.79. The number of halogens is 2. The van der Waals surface area contributed by atoms with Gasteiger partial charge in [0.25, 0.3) is 5.67 Å². The molecular formula is C23H25ClFNO5. The minimum absolute atomic E-state index is 0.0528. The largest absolute Gasteiger partial charge is 0.463 e. The van der Waals surface area contributed by atoms with Crippen LogP contribution >= 0.6 is 11.6 Å². The molecule has 0 saturated carbocycles. The van der Waals surface area contributed by atoms with E-state index >= 15 is 4.39 Å². The van der Waals surface area contributed by atoms with Gasteiger partial charge in [0.05, 0.1) is 6.61 Å². The molecule has 1 N–H and O–H groups in total. The molecule has 0 spiro atoms. The molecule has 2 atom stereocenters. The minimum atomic E-state index is -3.26. The molecule has 166 valence electrons. The fourth-order valence-corrected chi connectivity index (χ4v) is 3.00. The second-order valence-corrected chi connectivity index (χ2v) is 8.19. The van der Waals surface area contributed by atoms with E-state index < -0.39 is 35.2 Å². The molecule has 0 unspecified atom stereocenters. The Morgan fingerprint density at radius 3 is 2.13 bits per heavy atom. The molecule has 0 aliphatic heterocycles. The number of carbonyl (C=O) groups is 3. The van der Waals surface area contributed by atoms with Crippen LogP contribution in [0.5, 0.6) is 0 Å². The van der Waals surface area contributed by atoms with E-state index in [1.165, 1.54) is 55.5 Å². The van der Waals surface area contributed by atoms with Crippen molar-refractivity contribution in [2.45, 2.75) is 45.0 Å². The molecule has 0 aliphatic carbocycles. The zero-order chi connectivity index (χ0) is 23.2. The number of benzene rings is 2. The highest BCUT2D eigenvalue weighted by molar-refractivity contribution is 6.30. The zero-order valence-corrected chi connectivity index (χ0v) is 18.5. The van der Waals surface area contributed by atoms with Crippen molar-refractivity contribution < 1.29 is 28.2 Å². The minimum Gasteiger partial charge on any atom is -0.463 e. The summed E-state index contributed by atoms with van der Waals surface area (Å²) in [6.45, 7) is 6.23. The molecule has 6 nitrogen and oxygen atoms in total. The van der Waals surface area contributed by atoms with Gasteiger partial charge in [-0.15, -0.1) is 0 Å². The Morgan fingerprint density at radius 1 is 1.03 bits per heavy atom. The molecule has 0 aromatic heterocycles. The highest BCUT2D eigenvalue weighted by atomic mass is 35.5. The fourth-order valence-electron chi connectivity index (χ4n) is 2.87. The number of ether oxygens (including phenoxy) is 2. The highest BCUT2D eigenvalue weighted by Crippen LogP contribution is 2.35. The first-order chi connectivity index (χ1) is 14.5. The number of Topliss-reactive ketones (excluding diaryl/α,β-unsaturated/α-hetero) is 1. The van der Waals surface area contributed by atoms with Gasteiger partial charge in [-0.2, -0.15) is 0 Å². The number of hydrogen-bond acceptors (Lipinski definition) is 5. The normalized spacial score (nSPS) is 14.1. The van der Waals surface area contributed by atoms with Crippen molar-refractivity contribution in [3.05, 3.63) is 70.7 Å². The van der Waals surface area contributed by atoms with Crippen molar-refractivity contribution in [2.75, 3.05) is 6.61 Å². The average Bonchev–Trinajstić information content (AvgIpc) is 2.71. The Bertz CT molecular complexity index is 927. The van der Waals surface area contributed by atoms with Crippen molar-refractivity contribution in [2.24, 2.45) is 0 Å².